The first kappa shape index (κ1) is 14.2. The third kappa shape index (κ3) is 2.96. The first-order valence-electron chi connectivity index (χ1n) is 7.69. The van der Waals surface area contributed by atoms with Crippen molar-refractivity contribution < 1.29 is 9.84 Å². The number of hydrogen-bond acceptors (Lipinski definition) is 2. The van der Waals surface area contributed by atoms with Gasteiger partial charge in [-0.2, -0.15) is 0 Å². The van der Waals surface area contributed by atoms with E-state index in [0.29, 0.717) is 12.5 Å². The number of aliphatic hydroxyl groups excluding tert-OH is 1. The van der Waals surface area contributed by atoms with Crippen molar-refractivity contribution in [1.29, 1.82) is 0 Å². The van der Waals surface area contributed by atoms with Gasteiger partial charge in [0.1, 0.15) is 5.75 Å². The Hall–Kier alpha value is -1.80. The fourth-order valence-electron chi connectivity index (χ4n) is 3.26. The van der Waals surface area contributed by atoms with Crippen LogP contribution in [0, 0.1) is 6.92 Å². The van der Waals surface area contributed by atoms with Crippen molar-refractivity contribution >= 4 is 0 Å². The van der Waals surface area contributed by atoms with Gasteiger partial charge in [-0.15, -0.1) is 0 Å². The first-order chi connectivity index (χ1) is 10.3. The van der Waals surface area contributed by atoms with Gasteiger partial charge >= 0.3 is 0 Å². The van der Waals surface area contributed by atoms with E-state index in [4.69, 9.17) is 4.74 Å². The number of aliphatic hydroxyl groups is 1. The number of fused-ring (bicyclic) bond motifs is 1. The minimum absolute atomic E-state index is 0.0261. The summed E-state index contributed by atoms with van der Waals surface area (Å²) < 4.78 is 6.10. The molecule has 0 saturated heterocycles. The first-order valence-corrected chi connectivity index (χ1v) is 7.69. The summed E-state index contributed by atoms with van der Waals surface area (Å²) in [6.07, 6.45) is 3.59. The Morgan fingerprint density at radius 3 is 2.86 bits per heavy atom. The maximum Gasteiger partial charge on any atom is 0.127 e. The Balaban J connectivity index is 1.78. The zero-order valence-corrected chi connectivity index (χ0v) is 12.5. The molecule has 1 aliphatic carbocycles. The van der Waals surface area contributed by atoms with E-state index >= 15 is 0 Å². The molecule has 0 heterocycles. The average Bonchev–Trinajstić information content (AvgIpc) is 2.53. The molecule has 0 bridgehead atoms. The highest BCUT2D eigenvalue weighted by Gasteiger charge is 2.21. The number of rotatable bonds is 4. The molecule has 2 aromatic carbocycles. The topological polar surface area (TPSA) is 29.5 Å². The Labute approximate surface area is 126 Å². The van der Waals surface area contributed by atoms with Crippen LogP contribution in [0.25, 0.3) is 0 Å². The molecule has 0 fully saturated rings. The van der Waals surface area contributed by atoms with E-state index in [1.165, 1.54) is 30.4 Å². The van der Waals surface area contributed by atoms with Crippen LogP contribution in [0.2, 0.25) is 0 Å². The summed E-state index contributed by atoms with van der Waals surface area (Å²) in [5.41, 5.74) is 4.86. The van der Waals surface area contributed by atoms with Crippen molar-refractivity contribution in [3.05, 3.63) is 64.7 Å². The molecule has 0 radical (unpaired) electrons. The van der Waals surface area contributed by atoms with E-state index in [0.717, 1.165) is 16.9 Å². The second-order valence-corrected chi connectivity index (χ2v) is 5.82. The van der Waals surface area contributed by atoms with E-state index in [9.17, 15) is 5.11 Å². The van der Waals surface area contributed by atoms with Crippen molar-refractivity contribution in [3.63, 3.8) is 0 Å². The quantitative estimate of drug-likeness (QED) is 0.919. The van der Waals surface area contributed by atoms with E-state index < -0.39 is 0 Å². The van der Waals surface area contributed by atoms with Gasteiger partial charge in [0.15, 0.2) is 0 Å². The molecule has 1 unspecified atom stereocenters. The minimum atomic E-state index is 0.0261. The lowest BCUT2D eigenvalue weighted by molar-refractivity contribution is 0.247. The van der Waals surface area contributed by atoms with Crippen LogP contribution in [0.3, 0.4) is 0 Å². The molecule has 21 heavy (non-hydrogen) atoms. The van der Waals surface area contributed by atoms with Gasteiger partial charge in [0.2, 0.25) is 0 Å². The molecule has 2 heteroatoms. The van der Waals surface area contributed by atoms with E-state index in [1.807, 2.05) is 25.1 Å². The molecule has 0 amide bonds. The number of benzene rings is 2. The fraction of sp³-hybridized carbons (Fsp3) is 0.368. The summed E-state index contributed by atoms with van der Waals surface area (Å²) in [6.45, 7) is 2.75. The number of aryl methyl sites for hydroxylation is 2. The van der Waals surface area contributed by atoms with Crippen molar-refractivity contribution in [2.75, 3.05) is 6.61 Å². The fourth-order valence-corrected chi connectivity index (χ4v) is 3.26. The summed E-state index contributed by atoms with van der Waals surface area (Å²) in [5, 5.41) is 9.46. The molecule has 110 valence electrons. The van der Waals surface area contributed by atoms with Crippen LogP contribution >= 0.6 is 0 Å². The third-order valence-corrected chi connectivity index (χ3v) is 4.39. The molecule has 0 aliphatic heterocycles. The lowest BCUT2D eigenvalue weighted by Gasteiger charge is -2.26. The van der Waals surface area contributed by atoms with Gasteiger partial charge in [0.05, 0.1) is 13.2 Å². The zero-order chi connectivity index (χ0) is 14.7. The molecule has 2 nitrogen and oxygen atoms in total. The maximum absolute atomic E-state index is 9.46. The Bertz CT molecular complexity index is 619. The van der Waals surface area contributed by atoms with Crippen LogP contribution in [0.5, 0.6) is 5.75 Å². The molecule has 0 aromatic heterocycles. The number of ether oxygens (including phenoxy) is 1. The minimum Gasteiger partial charge on any atom is -0.492 e. The van der Waals surface area contributed by atoms with Gasteiger partial charge in [-0.3, -0.25) is 0 Å². The van der Waals surface area contributed by atoms with Gasteiger partial charge in [0.25, 0.3) is 0 Å². The van der Waals surface area contributed by atoms with Crippen LogP contribution in [0.1, 0.15) is 41.0 Å². The van der Waals surface area contributed by atoms with E-state index in [-0.39, 0.29) is 6.61 Å². The summed E-state index contributed by atoms with van der Waals surface area (Å²) in [6, 6.07) is 14.6. The summed E-state index contributed by atoms with van der Waals surface area (Å²) in [7, 11) is 0. The van der Waals surface area contributed by atoms with Crippen LogP contribution < -0.4 is 4.74 Å². The molecule has 0 saturated carbocycles. The molecule has 2 aromatic rings. The van der Waals surface area contributed by atoms with Crippen molar-refractivity contribution in [2.24, 2.45) is 0 Å². The van der Waals surface area contributed by atoms with Gasteiger partial charge in [-0.05, 0) is 42.9 Å². The maximum atomic E-state index is 9.46. The lowest BCUT2D eigenvalue weighted by Crippen LogP contribution is -2.17. The van der Waals surface area contributed by atoms with Crippen molar-refractivity contribution in [3.8, 4) is 5.75 Å². The highest BCUT2D eigenvalue weighted by Crippen LogP contribution is 2.33. The Kier molecular flexibility index (Phi) is 4.26. The molecule has 0 spiro atoms. The smallest absolute Gasteiger partial charge is 0.127 e. The van der Waals surface area contributed by atoms with Gasteiger partial charge < -0.3 is 9.84 Å². The van der Waals surface area contributed by atoms with Crippen LogP contribution in [-0.2, 0) is 13.0 Å². The molecular weight excluding hydrogens is 260 g/mol. The molecule has 3 rings (SSSR count). The summed E-state index contributed by atoms with van der Waals surface area (Å²) in [4.78, 5) is 0. The molecular formula is C19H22O2. The van der Waals surface area contributed by atoms with Crippen LogP contribution in [0.15, 0.2) is 42.5 Å². The SMILES string of the molecule is Cc1cccc(CO)c1OCC1CCCc2ccccc21. The largest absolute Gasteiger partial charge is 0.492 e. The molecule has 1 N–H and O–H groups in total. The van der Waals surface area contributed by atoms with Gasteiger partial charge in [-0.25, -0.2) is 0 Å². The average molecular weight is 282 g/mol. The molecule has 1 aliphatic rings. The number of hydrogen-bond donors (Lipinski definition) is 1. The second-order valence-electron chi connectivity index (χ2n) is 5.82. The van der Waals surface area contributed by atoms with Gasteiger partial charge in [0, 0.05) is 11.5 Å². The predicted molar refractivity (Wildman–Crippen MR) is 84.7 cm³/mol. The third-order valence-electron chi connectivity index (χ3n) is 4.39. The van der Waals surface area contributed by atoms with Crippen LogP contribution in [-0.4, -0.2) is 11.7 Å². The molecule has 1 atom stereocenters. The summed E-state index contributed by atoms with van der Waals surface area (Å²) in [5.74, 6) is 1.31. The van der Waals surface area contributed by atoms with E-state index in [2.05, 4.69) is 24.3 Å². The number of para-hydroxylation sites is 1. The predicted octanol–water partition coefficient (Wildman–Crippen LogP) is 3.99. The highest BCUT2D eigenvalue weighted by atomic mass is 16.5. The van der Waals surface area contributed by atoms with E-state index in [1.54, 1.807) is 0 Å². The summed E-state index contributed by atoms with van der Waals surface area (Å²) >= 11 is 0. The monoisotopic (exact) mass is 282 g/mol. The standard InChI is InChI=1S/C19H22O2/c1-14-6-4-9-16(12-20)19(14)21-13-17-10-5-8-15-7-2-3-11-18(15)17/h2-4,6-7,9,11,17,20H,5,8,10,12-13H2,1H3. The normalized spacial score (nSPS) is 17.3. The lowest BCUT2D eigenvalue weighted by atomic mass is 9.83. The van der Waals surface area contributed by atoms with Gasteiger partial charge in [-0.1, -0.05) is 42.5 Å². The highest BCUT2D eigenvalue weighted by molar-refractivity contribution is 5.40. The Morgan fingerprint density at radius 1 is 1.14 bits per heavy atom. The second kappa shape index (κ2) is 6.31. The van der Waals surface area contributed by atoms with Crippen molar-refractivity contribution in [2.45, 2.75) is 38.7 Å². The zero-order valence-electron chi connectivity index (χ0n) is 12.5. The van der Waals surface area contributed by atoms with Crippen LogP contribution in [0.4, 0.5) is 0 Å². The van der Waals surface area contributed by atoms with Crippen molar-refractivity contribution in [1.82, 2.24) is 0 Å². The Morgan fingerprint density at radius 2 is 2.00 bits per heavy atom.